The second-order valence-electron chi connectivity index (χ2n) is 5.84. The fourth-order valence-electron chi connectivity index (χ4n) is 2.30. The van der Waals surface area contributed by atoms with Crippen LogP contribution in [0.25, 0.3) is 0 Å². The molecule has 3 aromatic rings. The van der Waals surface area contributed by atoms with Gasteiger partial charge in [-0.2, -0.15) is 0 Å². The van der Waals surface area contributed by atoms with Crippen LogP contribution in [0.4, 0.5) is 27.0 Å². The zero-order valence-corrected chi connectivity index (χ0v) is 16.7. The van der Waals surface area contributed by atoms with Crippen molar-refractivity contribution in [3.63, 3.8) is 0 Å². The third-order valence-corrected chi connectivity index (χ3v) is 4.51. The minimum atomic E-state index is -0.489. The van der Waals surface area contributed by atoms with Crippen LogP contribution >= 0.6 is 22.9 Å². The highest BCUT2D eigenvalue weighted by Gasteiger charge is 2.13. The molecule has 8 nitrogen and oxygen atoms in total. The normalized spacial score (nSPS) is 10.1. The predicted molar refractivity (Wildman–Crippen MR) is 115 cm³/mol. The number of urea groups is 1. The van der Waals surface area contributed by atoms with Crippen LogP contribution in [0.3, 0.4) is 0 Å². The van der Waals surface area contributed by atoms with Crippen molar-refractivity contribution in [3.05, 3.63) is 64.6 Å². The molecule has 0 spiro atoms. The summed E-state index contributed by atoms with van der Waals surface area (Å²) in [7, 11) is 0. The Morgan fingerprint density at radius 1 is 0.897 bits per heavy atom. The SMILES string of the molecule is CC(=O)Nc1cccc(NC(=O)c2csc(NC(=O)Nc3ccc(Cl)cc3)n2)c1. The molecular formula is C19H16ClN5O3S. The molecule has 0 fully saturated rings. The molecule has 4 amide bonds. The van der Waals surface area contributed by atoms with Crippen LogP contribution in [-0.4, -0.2) is 22.8 Å². The molecule has 29 heavy (non-hydrogen) atoms. The zero-order valence-electron chi connectivity index (χ0n) is 15.2. The molecule has 0 bridgehead atoms. The standard InChI is InChI=1S/C19H16ClN5O3S/c1-11(26)21-14-3-2-4-15(9-14)22-17(27)16-10-29-19(24-16)25-18(28)23-13-7-5-12(20)6-8-13/h2-10H,1H3,(H,21,26)(H,22,27)(H2,23,24,25,28). The van der Waals surface area contributed by atoms with Gasteiger partial charge in [-0.15, -0.1) is 11.3 Å². The van der Waals surface area contributed by atoms with Gasteiger partial charge in [0.05, 0.1) is 0 Å². The van der Waals surface area contributed by atoms with Gasteiger partial charge in [-0.3, -0.25) is 14.9 Å². The third kappa shape index (κ3) is 6.03. The summed E-state index contributed by atoms with van der Waals surface area (Å²) in [6, 6.07) is 12.9. The molecular weight excluding hydrogens is 414 g/mol. The summed E-state index contributed by atoms with van der Waals surface area (Å²) in [6.07, 6.45) is 0. The molecule has 4 N–H and O–H groups in total. The van der Waals surface area contributed by atoms with Gasteiger partial charge in [-0.25, -0.2) is 9.78 Å². The van der Waals surface area contributed by atoms with Crippen LogP contribution in [-0.2, 0) is 4.79 Å². The molecule has 0 radical (unpaired) electrons. The first-order valence-corrected chi connectivity index (χ1v) is 9.63. The van der Waals surface area contributed by atoms with Crippen molar-refractivity contribution in [3.8, 4) is 0 Å². The lowest BCUT2D eigenvalue weighted by Gasteiger charge is -2.07. The first-order valence-electron chi connectivity index (χ1n) is 8.37. The predicted octanol–water partition coefficient (Wildman–Crippen LogP) is 4.65. The Morgan fingerprint density at radius 2 is 1.59 bits per heavy atom. The molecule has 0 atom stereocenters. The van der Waals surface area contributed by atoms with E-state index in [0.29, 0.717) is 22.1 Å². The Morgan fingerprint density at radius 3 is 2.28 bits per heavy atom. The van der Waals surface area contributed by atoms with Crippen molar-refractivity contribution in [2.45, 2.75) is 6.92 Å². The molecule has 3 rings (SSSR count). The summed E-state index contributed by atoms with van der Waals surface area (Å²) in [5.74, 6) is -0.645. The molecule has 0 unspecified atom stereocenters. The maximum absolute atomic E-state index is 12.4. The number of rotatable bonds is 5. The monoisotopic (exact) mass is 429 g/mol. The van der Waals surface area contributed by atoms with E-state index in [1.165, 1.54) is 12.3 Å². The number of carbonyl (C=O) groups excluding carboxylic acids is 3. The number of aromatic nitrogens is 1. The Bertz CT molecular complexity index is 1050. The largest absolute Gasteiger partial charge is 0.326 e. The molecule has 0 saturated carbocycles. The lowest BCUT2D eigenvalue weighted by atomic mass is 10.2. The molecule has 0 aliphatic carbocycles. The summed E-state index contributed by atoms with van der Waals surface area (Å²) in [4.78, 5) is 39.7. The Hall–Kier alpha value is -3.43. The van der Waals surface area contributed by atoms with Crippen LogP contribution in [0.1, 0.15) is 17.4 Å². The number of carbonyl (C=O) groups is 3. The van der Waals surface area contributed by atoms with E-state index in [9.17, 15) is 14.4 Å². The average molecular weight is 430 g/mol. The topological polar surface area (TPSA) is 112 Å². The minimum absolute atomic E-state index is 0.154. The van der Waals surface area contributed by atoms with Crippen LogP contribution in [0, 0.1) is 0 Å². The summed E-state index contributed by atoms with van der Waals surface area (Å²) in [5, 5.41) is 12.9. The summed E-state index contributed by atoms with van der Waals surface area (Å²) in [6.45, 7) is 1.40. The number of halogens is 1. The van der Waals surface area contributed by atoms with Crippen molar-refractivity contribution >= 4 is 63.0 Å². The molecule has 10 heteroatoms. The maximum atomic E-state index is 12.4. The molecule has 1 aromatic heterocycles. The van der Waals surface area contributed by atoms with Crippen LogP contribution in [0.5, 0.6) is 0 Å². The second kappa shape index (κ2) is 9.18. The highest BCUT2D eigenvalue weighted by molar-refractivity contribution is 7.14. The summed E-state index contributed by atoms with van der Waals surface area (Å²) >= 11 is 6.93. The Balaban J connectivity index is 1.59. The third-order valence-electron chi connectivity index (χ3n) is 3.50. The first-order chi connectivity index (χ1) is 13.9. The lowest BCUT2D eigenvalue weighted by molar-refractivity contribution is -0.114. The molecule has 1 heterocycles. The van der Waals surface area contributed by atoms with Crippen LogP contribution in [0.2, 0.25) is 5.02 Å². The lowest BCUT2D eigenvalue weighted by Crippen LogP contribution is -2.19. The number of thiazole rings is 1. The van der Waals surface area contributed by atoms with Crippen molar-refractivity contribution in [1.82, 2.24) is 4.98 Å². The van der Waals surface area contributed by atoms with Gasteiger partial charge in [0.15, 0.2) is 5.13 Å². The molecule has 0 aliphatic heterocycles. The fraction of sp³-hybridized carbons (Fsp3) is 0.0526. The van der Waals surface area contributed by atoms with E-state index in [0.717, 1.165) is 11.3 Å². The van der Waals surface area contributed by atoms with Crippen molar-refractivity contribution in [2.24, 2.45) is 0 Å². The van der Waals surface area contributed by atoms with Crippen molar-refractivity contribution < 1.29 is 14.4 Å². The van der Waals surface area contributed by atoms with Gasteiger partial charge in [0, 0.05) is 34.4 Å². The van der Waals surface area contributed by atoms with E-state index in [1.54, 1.807) is 48.5 Å². The van der Waals surface area contributed by atoms with E-state index in [1.807, 2.05) is 0 Å². The number of anilines is 4. The van der Waals surface area contributed by atoms with E-state index in [2.05, 4.69) is 26.3 Å². The minimum Gasteiger partial charge on any atom is -0.326 e. The molecule has 2 aromatic carbocycles. The van der Waals surface area contributed by atoms with Crippen molar-refractivity contribution in [2.75, 3.05) is 21.3 Å². The van der Waals surface area contributed by atoms with Gasteiger partial charge in [-0.05, 0) is 42.5 Å². The maximum Gasteiger partial charge on any atom is 0.325 e. The van der Waals surface area contributed by atoms with Gasteiger partial charge >= 0.3 is 6.03 Å². The van der Waals surface area contributed by atoms with Gasteiger partial charge in [0.2, 0.25) is 5.91 Å². The van der Waals surface area contributed by atoms with E-state index >= 15 is 0 Å². The average Bonchev–Trinajstić information content (AvgIpc) is 3.12. The zero-order chi connectivity index (χ0) is 20.8. The molecule has 0 aliphatic rings. The Kier molecular flexibility index (Phi) is 6.43. The highest BCUT2D eigenvalue weighted by atomic mass is 35.5. The smallest absolute Gasteiger partial charge is 0.325 e. The van der Waals surface area contributed by atoms with Crippen molar-refractivity contribution in [1.29, 1.82) is 0 Å². The summed E-state index contributed by atoms with van der Waals surface area (Å²) < 4.78 is 0. The number of benzene rings is 2. The van der Waals surface area contributed by atoms with E-state index in [4.69, 9.17) is 11.6 Å². The molecule has 0 saturated heterocycles. The van der Waals surface area contributed by atoms with Gasteiger partial charge in [0.1, 0.15) is 5.69 Å². The van der Waals surface area contributed by atoms with Crippen LogP contribution in [0.15, 0.2) is 53.9 Å². The molecule has 148 valence electrons. The Labute approximate surface area is 175 Å². The highest BCUT2D eigenvalue weighted by Crippen LogP contribution is 2.20. The van der Waals surface area contributed by atoms with E-state index in [-0.39, 0.29) is 16.7 Å². The second-order valence-corrected chi connectivity index (χ2v) is 7.13. The quantitative estimate of drug-likeness (QED) is 0.472. The number of nitrogens with one attached hydrogen (secondary N) is 4. The number of hydrogen-bond donors (Lipinski definition) is 4. The fourth-order valence-corrected chi connectivity index (χ4v) is 3.11. The first kappa shape index (κ1) is 20.3. The van der Waals surface area contributed by atoms with Gasteiger partial charge < -0.3 is 16.0 Å². The van der Waals surface area contributed by atoms with Gasteiger partial charge in [-0.1, -0.05) is 17.7 Å². The number of hydrogen-bond acceptors (Lipinski definition) is 5. The van der Waals surface area contributed by atoms with Crippen LogP contribution < -0.4 is 21.3 Å². The number of nitrogens with zero attached hydrogens (tertiary/aromatic N) is 1. The van der Waals surface area contributed by atoms with E-state index < -0.39 is 11.9 Å². The van der Waals surface area contributed by atoms with Gasteiger partial charge in [0.25, 0.3) is 5.91 Å². The summed E-state index contributed by atoms with van der Waals surface area (Å²) in [5.41, 5.74) is 1.79. The number of amides is 4.